The lowest BCUT2D eigenvalue weighted by atomic mass is 10.1. The van der Waals surface area contributed by atoms with Crippen molar-refractivity contribution in [1.29, 1.82) is 0 Å². The average Bonchev–Trinajstić information content (AvgIpc) is 2.83. The number of hydrogen-bond donors (Lipinski definition) is 0. The van der Waals surface area contributed by atoms with Gasteiger partial charge < -0.3 is 9.15 Å². The van der Waals surface area contributed by atoms with E-state index in [2.05, 4.69) is 4.98 Å². The van der Waals surface area contributed by atoms with Crippen LogP contribution in [0.25, 0.3) is 11.5 Å². The van der Waals surface area contributed by atoms with Gasteiger partial charge in [-0.15, -0.1) is 0 Å². The molecule has 0 atom stereocenters. The van der Waals surface area contributed by atoms with Crippen LogP contribution in [0.2, 0.25) is 10.0 Å². The smallest absolute Gasteiger partial charge is 0.376 e. The summed E-state index contributed by atoms with van der Waals surface area (Å²) in [6.07, 6.45) is 0. The van der Waals surface area contributed by atoms with E-state index in [1.54, 1.807) is 25.1 Å². The fraction of sp³-hybridized carbons (Fsp3) is 0.333. The second-order valence-corrected chi connectivity index (χ2v) is 5.64. The van der Waals surface area contributed by atoms with E-state index in [0.29, 0.717) is 27.2 Å². The summed E-state index contributed by atoms with van der Waals surface area (Å²) in [4.78, 5) is 16.3. The zero-order valence-corrected chi connectivity index (χ0v) is 13.5. The first-order valence-corrected chi connectivity index (χ1v) is 7.32. The lowest BCUT2D eigenvalue weighted by Gasteiger charge is -2.02. The van der Waals surface area contributed by atoms with Crippen LogP contribution in [0.1, 0.15) is 42.9 Å². The van der Waals surface area contributed by atoms with Gasteiger partial charge in [-0.25, -0.2) is 9.78 Å². The highest BCUT2D eigenvalue weighted by Crippen LogP contribution is 2.30. The van der Waals surface area contributed by atoms with Crippen LogP contribution in [0, 0.1) is 0 Å². The minimum Gasteiger partial charge on any atom is -0.460 e. The molecule has 0 spiro atoms. The molecule has 0 amide bonds. The molecule has 0 bridgehead atoms. The Balaban J connectivity index is 2.50. The summed E-state index contributed by atoms with van der Waals surface area (Å²) in [7, 11) is 0. The molecule has 0 unspecified atom stereocenters. The maximum atomic E-state index is 11.9. The van der Waals surface area contributed by atoms with Crippen molar-refractivity contribution in [3.8, 4) is 11.5 Å². The minimum absolute atomic E-state index is 0.0246. The van der Waals surface area contributed by atoms with Crippen LogP contribution >= 0.6 is 23.2 Å². The molecule has 2 rings (SSSR count). The standard InChI is InChI=1S/C15H15Cl2NO3/c1-4-20-15(19)13-12(8(2)3)18-14(21-13)9-5-10(16)7-11(17)6-9/h5-8H,4H2,1-3H3. The normalized spacial score (nSPS) is 11.0. The monoisotopic (exact) mass is 327 g/mol. The number of esters is 1. The minimum atomic E-state index is -0.520. The highest BCUT2D eigenvalue weighted by atomic mass is 35.5. The maximum Gasteiger partial charge on any atom is 0.376 e. The number of hydrogen-bond acceptors (Lipinski definition) is 4. The summed E-state index contributed by atoms with van der Waals surface area (Å²) >= 11 is 12.0. The molecule has 1 aromatic heterocycles. The molecule has 0 aliphatic heterocycles. The van der Waals surface area contributed by atoms with Gasteiger partial charge in [0.25, 0.3) is 0 Å². The van der Waals surface area contributed by atoms with Crippen molar-refractivity contribution in [3.05, 3.63) is 39.7 Å². The van der Waals surface area contributed by atoms with Gasteiger partial charge in [-0.3, -0.25) is 0 Å². The number of aromatic nitrogens is 1. The molecule has 6 heteroatoms. The number of carbonyl (C=O) groups is 1. The summed E-state index contributed by atoms with van der Waals surface area (Å²) in [5.74, 6) is -0.0752. The van der Waals surface area contributed by atoms with Gasteiger partial charge >= 0.3 is 5.97 Å². The number of ether oxygens (including phenoxy) is 1. The average molecular weight is 328 g/mol. The Morgan fingerprint density at radius 3 is 2.43 bits per heavy atom. The molecule has 0 fully saturated rings. The van der Waals surface area contributed by atoms with Crippen molar-refractivity contribution in [3.63, 3.8) is 0 Å². The van der Waals surface area contributed by atoms with E-state index in [1.165, 1.54) is 0 Å². The Morgan fingerprint density at radius 1 is 1.29 bits per heavy atom. The molecule has 0 saturated heterocycles. The number of halogens is 2. The summed E-state index contributed by atoms with van der Waals surface area (Å²) < 4.78 is 10.6. The predicted octanol–water partition coefficient (Wildman–Crippen LogP) is 4.95. The van der Waals surface area contributed by atoms with E-state index < -0.39 is 5.97 Å². The van der Waals surface area contributed by atoms with Gasteiger partial charge in [-0.05, 0) is 31.0 Å². The number of nitrogens with zero attached hydrogens (tertiary/aromatic N) is 1. The first-order chi connectivity index (χ1) is 9.92. The first kappa shape index (κ1) is 15.9. The molecule has 4 nitrogen and oxygen atoms in total. The van der Waals surface area contributed by atoms with Gasteiger partial charge in [0.2, 0.25) is 11.7 Å². The summed E-state index contributed by atoms with van der Waals surface area (Å²) in [6, 6.07) is 4.97. The highest BCUT2D eigenvalue weighted by Gasteiger charge is 2.24. The van der Waals surface area contributed by atoms with Crippen LogP contribution in [0.3, 0.4) is 0 Å². The third-order valence-corrected chi connectivity index (χ3v) is 3.21. The second kappa shape index (κ2) is 6.50. The molecule has 0 aliphatic rings. The van der Waals surface area contributed by atoms with Gasteiger partial charge in [0.1, 0.15) is 0 Å². The van der Waals surface area contributed by atoms with Crippen LogP contribution in [-0.2, 0) is 4.74 Å². The molecule has 21 heavy (non-hydrogen) atoms. The van der Waals surface area contributed by atoms with Crippen LogP contribution in [-0.4, -0.2) is 17.6 Å². The third-order valence-electron chi connectivity index (χ3n) is 2.77. The van der Waals surface area contributed by atoms with Gasteiger partial charge in [-0.1, -0.05) is 37.0 Å². The molecule has 0 radical (unpaired) electrons. The fourth-order valence-corrected chi connectivity index (χ4v) is 2.39. The Hall–Kier alpha value is -1.52. The fourth-order valence-electron chi connectivity index (χ4n) is 1.87. The van der Waals surface area contributed by atoms with Gasteiger partial charge in [-0.2, -0.15) is 0 Å². The number of oxazole rings is 1. The summed E-state index contributed by atoms with van der Waals surface area (Å²) in [5, 5.41) is 0.943. The molecule has 2 aromatic rings. The zero-order valence-electron chi connectivity index (χ0n) is 11.9. The predicted molar refractivity (Wildman–Crippen MR) is 82.0 cm³/mol. The van der Waals surface area contributed by atoms with E-state index in [9.17, 15) is 4.79 Å². The van der Waals surface area contributed by atoms with E-state index in [-0.39, 0.29) is 18.3 Å². The van der Waals surface area contributed by atoms with Crippen molar-refractivity contribution < 1.29 is 13.9 Å². The molecule has 1 aromatic carbocycles. The Bertz CT molecular complexity index is 645. The Kier molecular flexibility index (Phi) is 4.91. The second-order valence-electron chi connectivity index (χ2n) is 4.77. The third kappa shape index (κ3) is 3.57. The molecule has 0 N–H and O–H groups in total. The van der Waals surface area contributed by atoms with E-state index in [4.69, 9.17) is 32.4 Å². The van der Waals surface area contributed by atoms with Gasteiger partial charge in [0.15, 0.2) is 0 Å². The molecule has 1 heterocycles. The quantitative estimate of drug-likeness (QED) is 0.745. The topological polar surface area (TPSA) is 52.3 Å². The molecular formula is C15H15Cl2NO3. The molecular weight excluding hydrogens is 313 g/mol. The number of rotatable bonds is 4. The van der Waals surface area contributed by atoms with Crippen molar-refractivity contribution >= 4 is 29.2 Å². The first-order valence-electron chi connectivity index (χ1n) is 6.56. The van der Waals surface area contributed by atoms with Crippen LogP contribution < -0.4 is 0 Å². The van der Waals surface area contributed by atoms with Gasteiger partial charge in [0, 0.05) is 15.6 Å². The van der Waals surface area contributed by atoms with Crippen LogP contribution in [0.4, 0.5) is 0 Å². The van der Waals surface area contributed by atoms with E-state index >= 15 is 0 Å². The van der Waals surface area contributed by atoms with Crippen molar-refractivity contribution in [2.75, 3.05) is 6.61 Å². The van der Waals surface area contributed by atoms with Crippen molar-refractivity contribution in [2.24, 2.45) is 0 Å². The number of benzene rings is 1. The highest BCUT2D eigenvalue weighted by molar-refractivity contribution is 6.35. The number of carbonyl (C=O) groups excluding carboxylic acids is 1. The van der Waals surface area contributed by atoms with Crippen LogP contribution in [0.5, 0.6) is 0 Å². The van der Waals surface area contributed by atoms with Crippen molar-refractivity contribution in [2.45, 2.75) is 26.7 Å². The summed E-state index contributed by atoms with van der Waals surface area (Å²) in [5.41, 5.74) is 1.17. The van der Waals surface area contributed by atoms with Gasteiger partial charge in [0.05, 0.1) is 12.3 Å². The van der Waals surface area contributed by atoms with E-state index in [1.807, 2.05) is 13.8 Å². The molecule has 0 aliphatic carbocycles. The lowest BCUT2D eigenvalue weighted by Crippen LogP contribution is -2.07. The summed E-state index contributed by atoms with van der Waals surface area (Å²) in [6.45, 7) is 5.86. The van der Waals surface area contributed by atoms with Crippen molar-refractivity contribution in [1.82, 2.24) is 4.98 Å². The zero-order chi connectivity index (χ0) is 15.6. The Labute approximate surface area is 133 Å². The Morgan fingerprint density at radius 2 is 1.90 bits per heavy atom. The molecule has 0 saturated carbocycles. The molecule has 112 valence electrons. The lowest BCUT2D eigenvalue weighted by molar-refractivity contribution is 0.0488. The SMILES string of the molecule is CCOC(=O)c1oc(-c2cc(Cl)cc(Cl)c2)nc1C(C)C. The van der Waals surface area contributed by atoms with E-state index in [0.717, 1.165) is 0 Å². The largest absolute Gasteiger partial charge is 0.460 e. The van der Waals surface area contributed by atoms with Crippen LogP contribution in [0.15, 0.2) is 22.6 Å². The maximum absolute atomic E-state index is 11.9.